The first-order chi connectivity index (χ1) is 18.1. The predicted octanol–water partition coefficient (Wildman–Crippen LogP) is 3.66. The Bertz CT molecular complexity index is 1100. The van der Waals surface area contributed by atoms with Crippen LogP contribution in [0.3, 0.4) is 0 Å². The number of rotatable bonds is 4. The number of benzene rings is 1. The number of piperidine rings is 3. The Morgan fingerprint density at radius 1 is 1.08 bits per heavy atom. The van der Waals surface area contributed by atoms with Crippen molar-refractivity contribution in [3.8, 4) is 0 Å². The van der Waals surface area contributed by atoms with E-state index >= 15 is 0 Å². The van der Waals surface area contributed by atoms with Crippen LogP contribution in [0.4, 0.5) is 19.3 Å². The summed E-state index contributed by atoms with van der Waals surface area (Å²) >= 11 is 6.50. The Morgan fingerprint density at radius 2 is 1.76 bits per heavy atom. The van der Waals surface area contributed by atoms with Crippen LogP contribution in [0.2, 0.25) is 5.02 Å². The first-order valence-electron chi connectivity index (χ1n) is 13.6. The molecule has 208 valence electrons. The van der Waals surface area contributed by atoms with E-state index in [0.717, 1.165) is 38.8 Å². The molecule has 0 bridgehead atoms. The highest BCUT2D eigenvalue weighted by Gasteiger charge is 2.44. The molecule has 4 amide bonds. The minimum atomic E-state index is -2.64. The monoisotopic (exact) mass is 551 g/mol. The molecule has 8 nitrogen and oxygen atoms in total. The quantitative estimate of drug-likeness (QED) is 0.597. The summed E-state index contributed by atoms with van der Waals surface area (Å²) in [6, 6.07) is 2.86. The number of nitrogens with one attached hydrogen (secondary N) is 2. The molecule has 4 heterocycles. The fourth-order valence-electron chi connectivity index (χ4n) is 6.36. The second kappa shape index (κ2) is 10.7. The van der Waals surface area contributed by atoms with Crippen molar-refractivity contribution < 1.29 is 23.2 Å². The number of hydrogen-bond acceptors (Lipinski definition) is 5. The average Bonchev–Trinajstić information content (AvgIpc) is 2.88. The van der Waals surface area contributed by atoms with Crippen LogP contribution in [0.1, 0.15) is 54.4 Å². The van der Waals surface area contributed by atoms with Gasteiger partial charge in [0.1, 0.15) is 0 Å². The summed E-state index contributed by atoms with van der Waals surface area (Å²) in [6.07, 6.45) is 4.42. The van der Waals surface area contributed by atoms with E-state index in [1.54, 1.807) is 19.1 Å². The summed E-state index contributed by atoms with van der Waals surface area (Å²) in [5.41, 5.74) is 1.75. The number of nitrogens with zero attached hydrogens (tertiary/aromatic N) is 3. The molecule has 11 heteroatoms. The van der Waals surface area contributed by atoms with E-state index in [0.29, 0.717) is 54.4 Å². The van der Waals surface area contributed by atoms with E-state index in [2.05, 4.69) is 15.5 Å². The Balaban J connectivity index is 1.19. The molecule has 4 fully saturated rings. The second-order valence-corrected chi connectivity index (χ2v) is 11.8. The highest BCUT2D eigenvalue weighted by molar-refractivity contribution is 6.35. The van der Waals surface area contributed by atoms with Crippen molar-refractivity contribution in [1.82, 2.24) is 20.4 Å². The van der Waals surface area contributed by atoms with Gasteiger partial charge in [-0.15, -0.1) is 0 Å². The van der Waals surface area contributed by atoms with E-state index in [9.17, 15) is 23.2 Å². The zero-order chi connectivity index (χ0) is 27.1. The summed E-state index contributed by atoms with van der Waals surface area (Å²) in [7, 11) is 0. The minimum Gasteiger partial charge on any atom is -0.339 e. The Kier molecular flexibility index (Phi) is 7.68. The number of anilines is 1. The predicted molar refractivity (Wildman–Crippen MR) is 141 cm³/mol. The Labute approximate surface area is 227 Å². The van der Waals surface area contributed by atoms with Crippen molar-refractivity contribution in [2.75, 3.05) is 57.3 Å². The number of urea groups is 1. The smallest absolute Gasteiger partial charge is 0.328 e. The Morgan fingerprint density at radius 3 is 2.42 bits per heavy atom. The van der Waals surface area contributed by atoms with Crippen LogP contribution in [0.5, 0.6) is 0 Å². The zero-order valence-corrected chi connectivity index (χ0v) is 22.6. The standard InChI is InChI=1S/C27H36ClF2N5O3/c1-18-14-19(15-21(23(18)28)35-9-3-22(36)32-25(35)38)24(37)34-12-6-26(7-13-34)4-10-33(11-5-26)16-20-2-8-31-17-27(20,29)30/h14-15,20,31H,2-13,16-17H2,1H3,(H,32,36,38)/t20-/m1/s1. The fraction of sp³-hybridized carbons (Fsp3) is 0.667. The molecule has 0 radical (unpaired) electrons. The molecule has 0 aliphatic carbocycles. The summed E-state index contributed by atoms with van der Waals surface area (Å²) in [4.78, 5) is 42.9. The van der Waals surface area contributed by atoms with E-state index in [1.807, 2.05) is 4.90 Å². The number of carbonyl (C=O) groups is 3. The van der Waals surface area contributed by atoms with Gasteiger partial charge in [0.25, 0.3) is 11.8 Å². The van der Waals surface area contributed by atoms with Gasteiger partial charge in [-0.2, -0.15) is 0 Å². The first kappa shape index (κ1) is 27.3. The normalized spacial score (nSPS) is 25.9. The van der Waals surface area contributed by atoms with Gasteiger partial charge in [-0.1, -0.05) is 11.6 Å². The van der Waals surface area contributed by atoms with Gasteiger partial charge in [0.2, 0.25) is 5.91 Å². The maximum atomic E-state index is 14.3. The third-order valence-electron chi connectivity index (χ3n) is 8.96. The van der Waals surface area contributed by atoms with Gasteiger partial charge in [-0.3, -0.25) is 19.8 Å². The number of alkyl halides is 2. The largest absolute Gasteiger partial charge is 0.339 e. The lowest BCUT2D eigenvalue weighted by Crippen LogP contribution is -2.53. The molecular formula is C27H36ClF2N5O3. The summed E-state index contributed by atoms with van der Waals surface area (Å²) in [5, 5.41) is 5.49. The van der Waals surface area contributed by atoms with Crippen molar-refractivity contribution in [3.05, 3.63) is 28.3 Å². The van der Waals surface area contributed by atoms with Gasteiger partial charge < -0.3 is 15.1 Å². The van der Waals surface area contributed by atoms with Gasteiger partial charge in [0.05, 0.1) is 17.3 Å². The zero-order valence-electron chi connectivity index (χ0n) is 21.8. The molecule has 4 aliphatic heterocycles. The van der Waals surface area contributed by atoms with Gasteiger partial charge in [-0.05, 0) is 81.8 Å². The summed E-state index contributed by atoms with van der Waals surface area (Å²) < 4.78 is 28.5. The van der Waals surface area contributed by atoms with Crippen LogP contribution in [-0.4, -0.2) is 85.9 Å². The first-order valence-corrected chi connectivity index (χ1v) is 14.0. The molecule has 1 atom stereocenters. The third kappa shape index (κ3) is 5.53. The molecular weight excluding hydrogens is 516 g/mol. The van der Waals surface area contributed by atoms with Crippen molar-refractivity contribution >= 4 is 35.1 Å². The molecule has 1 aromatic carbocycles. The van der Waals surface area contributed by atoms with E-state index < -0.39 is 17.9 Å². The SMILES string of the molecule is Cc1cc(C(=O)N2CCC3(CCN(C[C@H]4CCNCC4(F)F)CC3)CC2)cc(N2CCC(=O)NC2=O)c1Cl. The van der Waals surface area contributed by atoms with Gasteiger partial charge in [0, 0.05) is 44.1 Å². The van der Waals surface area contributed by atoms with Crippen LogP contribution < -0.4 is 15.5 Å². The van der Waals surface area contributed by atoms with Gasteiger partial charge in [0.15, 0.2) is 0 Å². The lowest BCUT2D eigenvalue weighted by Gasteiger charge is -2.48. The number of carbonyl (C=O) groups excluding carboxylic acids is 3. The van der Waals surface area contributed by atoms with E-state index in [4.69, 9.17) is 11.6 Å². The topological polar surface area (TPSA) is 85.0 Å². The average molecular weight is 552 g/mol. The molecule has 4 saturated heterocycles. The molecule has 1 spiro atoms. The molecule has 4 aliphatic rings. The maximum absolute atomic E-state index is 14.3. The Hall–Kier alpha value is -2.30. The van der Waals surface area contributed by atoms with Crippen molar-refractivity contribution in [3.63, 3.8) is 0 Å². The number of amides is 4. The van der Waals surface area contributed by atoms with Crippen LogP contribution in [0, 0.1) is 18.3 Å². The van der Waals surface area contributed by atoms with Crippen molar-refractivity contribution in [2.45, 2.75) is 51.4 Å². The van der Waals surface area contributed by atoms with Crippen LogP contribution in [-0.2, 0) is 4.79 Å². The molecule has 5 rings (SSSR count). The second-order valence-electron chi connectivity index (χ2n) is 11.4. The summed E-state index contributed by atoms with van der Waals surface area (Å²) in [6.45, 7) is 5.83. The van der Waals surface area contributed by atoms with E-state index in [1.165, 1.54) is 4.90 Å². The number of hydrogen-bond donors (Lipinski definition) is 2. The lowest BCUT2D eigenvalue weighted by molar-refractivity contribution is -0.120. The van der Waals surface area contributed by atoms with E-state index in [-0.39, 0.29) is 36.7 Å². The van der Waals surface area contributed by atoms with Crippen LogP contribution in [0.15, 0.2) is 12.1 Å². The molecule has 0 aromatic heterocycles. The van der Waals surface area contributed by atoms with Crippen LogP contribution in [0.25, 0.3) is 0 Å². The fourth-order valence-corrected chi connectivity index (χ4v) is 6.58. The van der Waals surface area contributed by atoms with Crippen molar-refractivity contribution in [1.29, 1.82) is 0 Å². The summed E-state index contributed by atoms with van der Waals surface area (Å²) in [5.74, 6) is -3.65. The number of halogens is 3. The minimum absolute atomic E-state index is 0.0973. The number of imide groups is 1. The number of aryl methyl sites for hydroxylation is 1. The highest BCUT2D eigenvalue weighted by atomic mass is 35.5. The van der Waals surface area contributed by atoms with Crippen LogP contribution >= 0.6 is 11.6 Å². The number of likely N-dealkylation sites (tertiary alicyclic amines) is 2. The van der Waals surface area contributed by atoms with Gasteiger partial charge >= 0.3 is 6.03 Å². The molecule has 2 N–H and O–H groups in total. The lowest BCUT2D eigenvalue weighted by atomic mass is 9.71. The highest BCUT2D eigenvalue weighted by Crippen LogP contribution is 2.42. The van der Waals surface area contributed by atoms with Gasteiger partial charge in [-0.25, -0.2) is 13.6 Å². The van der Waals surface area contributed by atoms with Crippen molar-refractivity contribution in [2.24, 2.45) is 11.3 Å². The third-order valence-corrected chi connectivity index (χ3v) is 9.45. The molecule has 1 aromatic rings. The molecule has 0 saturated carbocycles. The molecule has 0 unspecified atom stereocenters. The maximum Gasteiger partial charge on any atom is 0.328 e. The molecule has 38 heavy (non-hydrogen) atoms.